The number of ether oxygens (including phenoxy) is 2. The molecule has 8 heteroatoms. The van der Waals surface area contributed by atoms with E-state index in [1.807, 2.05) is 32.0 Å². The molecule has 1 atom stereocenters. The molecule has 0 saturated heterocycles. The van der Waals surface area contributed by atoms with E-state index in [4.69, 9.17) is 14.0 Å². The fourth-order valence-electron chi connectivity index (χ4n) is 3.05. The quantitative estimate of drug-likeness (QED) is 0.857. The van der Waals surface area contributed by atoms with Gasteiger partial charge < -0.3 is 14.0 Å². The number of sulfonamides is 1. The Hall–Kier alpha value is -2.06. The van der Waals surface area contributed by atoms with Crippen molar-refractivity contribution in [3.8, 4) is 11.5 Å². The standard InChI is InChI=1S/C18H24N2O5S/c1-11(2)17(20-26(21,22)18-12(3)19-25-13(18)4)14-6-7-15-16(10-14)24-9-5-8-23-15/h6-7,10-11,17,20H,5,8-9H2,1-4H3. The lowest BCUT2D eigenvalue weighted by Gasteiger charge is -2.23. The summed E-state index contributed by atoms with van der Waals surface area (Å²) in [6.07, 6.45) is 0.816. The van der Waals surface area contributed by atoms with E-state index in [-0.39, 0.29) is 16.6 Å². The molecular formula is C18H24N2O5S. The van der Waals surface area contributed by atoms with Crippen molar-refractivity contribution in [3.05, 3.63) is 35.2 Å². The number of hydrogen-bond donors (Lipinski definition) is 1. The van der Waals surface area contributed by atoms with Crippen LogP contribution in [0.5, 0.6) is 11.5 Å². The molecule has 1 aliphatic rings. The van der Waals surface area contributed by atoms with Crippen LogP contribution in [-0.2, 0) is 10.0 Å². The summed E-state index contributed by atoms with van der Waals surface area (Å²) in [5.41, 5.74) is 1.16. The molecule has 1 aromatic carbocycles. The van der Waals surface area contributed by atoms with Gasteiger partial charge >= 0.3 is 0 Å². The minimum Gasteiger partial charge on any atom is -0.490 e. The maximum atomic E-state index is 12.9. The third-order valence-electron chi connectivity index (χ3n) is 4.32. The van der Waals surface area contributed by atoms with E-state index in [0.29, 0.717) is 30.4 Å². The van der Waals surface area contributed by atoms with Crippen LogP contribution in [0.1, 0.15) is 43.3 Å². The lowest BCUT2D eigenvalue weighted by molar-refractivity contribution is 0.297. The molecule has 0 bridgehead atoms. The van der Waals surface area contributed by atoms with Gasteiger partial charge in [0.15, 0.2) is 17.3 Å². The lowest BCUT2D eigenvalue weighted by atomic mass is 9.97. The number of nitrogens with one attached hydrogen (secondary N) is 1. The number of hydrogen-bond acceptors (Lipinski definition) is 6. The average molecular weight is 380 g/mol. The van der Waals surface area contributed by atoms with Crippen molar-refractivity contribution in [2.45, 2.75) is 45.1 Å². The third-order valence-corrected chi connectivity index (χ3v) is 6.00. The van der Waals surface area contributed by atoms with Crippen molar-refractivity contribution in [2.24, 2.45) is 5.92 Å². The van der Waals surface area contributed by atoms with Crippen molar-refractivity contribution in [1.82, 2.24) is 9.88 Å². The highest BCUT2D eigenvalue weighted by atomic mass is 32.2. The van der Waals surface area contributed by atoms with Crippen LogP contribution in [0.15, 0.2) is 27.6 Å². The molecule has 0 fully saturated rings. The minimum absolute atomic E-state index is 0.0231. The predicted octanol–water partition coefficient (Wildman–Crippen LogP) is 3.13. The second-order valence-corrected chi connectivity index (χ2v) is 8.40. The van der Waals surface area contributed by atoms with E-state index >= 15 is 0 Å². The monoisotopic (exact) mass is 380 g/mol. The number of benzene rings is 1. The van der Waals surface area contributed by atoms with Gasteiger partial charge in [-0.2, -0.15) is 0 Å². The molecule has 1 aliphatic heterocycles. The van der Waals surface area contributed by atoms with Crippen LogP contribution in [-0.4, -0.2) is 26.8 Å². The molecule has 142 valence electrons. The first kappa shape index (κ1) is 18.7. The highest BCUT2D eigenvalue weighted by Gasteiger charge is 2.29. The summed E-state index contributed by atoms with van der Waals surface area (Å²) in [5, 5.41) is 3.74. The smallest absolute Gasteiger partial charge is 0.246 e. The van der Waals surface area contributed by atoms with E-state index in [1.54, 1.807) is 13.8 Å². The summed E-state index contributed by atoms with van der Waals surface area (Å²) in [5.74, 6) is 1.62. The zero-order valence-electron chi connectivity index (χ0n) is 15.4. The molecule has 26 heavy (non-hydrogen) atoms. The summed E-state index contributed by atoms with van der Waals surface area (Å²) < 4.78 is 45.0. The van der Waals surface area contributed by atoms with Gasteiger partial charge in [0.25, 0.3) is 0 Å². The predicted molar refractivity (Wildman–Crippen MR) is 95.9 cm³/mol. The fourth-order valence-corrected chi connectivity index (χ4v) is 4.75. The van der Waals surface area contributed by atoms with Crippen molar-refractivity contribution < 1.29 is 22.4 Å². The van der Waals surface area contributed by atoms with Gasteiger partial charge in [0, 0.05) is 12.5 Å². The van der Waals surface area contributed by atoms with Gasteiger partial charge in [0.05, 0.1) is 13.2 Å². The van der Waals surface area contributed by atoms with Gasteiger partial charge in [-0.1, -0.05) is 25.1 Å². The van der Waals surface area contributed by atoms with E-state index in [1.165, 1.54) is 0 Å². The topological polar surface area (TPSA) is 90.7 Å². The van der Waals surface area contributed by atoms with E-state index < -0.39 is 16.1 Å². The first-order valence-corrected chi connectivity index (χ1v) is 10.1. The van der Waals surface area contributed by atoms with Crippen molar-refractivity contribution in [1.29, 1.82) is 0 Å². The first-order chi connectivity index (χ1) is 12.3. The number of aryl methyl sites for hydroxylation is 2. The number of nitrogens with zero attached hydrogens (tertiary/aromatic N) is 1. The zero-order chi connectivity index (χ0) is 18.9. The largest absolute Gasteiger partial charge is 0.490 e. The second-order valence-electron chi connectivity index (χ2n) is 6.75. The summed E-state index contributed by atoms with van der Waals surface area (Å²) in [6, 6.07) is 5.12. The molecule has 0 amide bonds. The normalized spacial score (nSPS) is 15.7. The van der Waals surface area contributed by atoms with Gasteiger partial charge in [0.1, 0.15) is 10.6 Å². The van der Waals surface area contributed by atoms with Crippen molar-refractivity contribution >= 4 is 10.0 Å². The Labute approximate surface area is 153 Å². The average Bonchev–Trinajstić information content (AvgIpc) is 2.79. The molecule has 1 N–H and O–H groups in total. The van der Waals surface area contributed by atoms with Gasteiger partial charge in [0.2, 0.25) is 10.0 Å². The van der Waals surface area contributed by atoms with E-state index in [0.717, 1.165) is 12.0 Å². The van der Waals surface area contributed by atoms with Crippen LogP contribution in [0, 0.1) is 19.8 Å². The Morgan fingerprint density at radius 2 is 1.81 bits per heavy atom. The van der Waals surface area contributed by atoms with Gasteiger partial charge in [-0.25, -0.2) is 13.1 Å². The van der Waals surface area contributed by atoms with Crippen LogP contribution < -0.4 is 14.2 Å². The van der Waals surface area contributed by atoms with Gasteiger partial charge in [-0.15, -0.1) is 0 Å². The summed E-state index contributed by atoms with van der Waals surface area (Å²) >= 11 is 0. The first-order valence-electron chi connectivity index (χ1n) is 8.64. The summed E-state index contributed by atoms with van der Waals surface area (Å²) in [6.45, 7) is 8.31. The van der Waals surface area contributed by atoms with E-state index in [9.17, 15) is 8.42 Å². The van der Waals surface area contributed by atoms with Crippen LogP contribution in [0.25, 0.3) is 0 Å². The fraction of sp³-hybridized carbons (Fsp3) is 0.500. The highest BCUT2D eigenvalue weighted by molar-refractivity contribution is 7.89. The Balaban J connectivity index is 1.94. The number of aromatic nitrogens is 1. The van der Waals surface area contributed by atoms with Crippen LogP contribution in [0.4, 0.5) is 0 Å². The van der Waals surface area contributed by atoms with E-state index in [2.05, 4.69) is 9.88 Å². The number of fused-ring (bicyclic) bond motifs is 1. The molecule has 1 unspecified atom stereocenters. The zero-order valence-corrected chi connectivity index (χ0v) is 16.2. The minimum atomic E-state index is -3.78. The van der Waals surface area contributed by atoms with Crippen LogP contribution in [0.2, 0.25) is 0 Å². The maximum absolute atomic E-state index is 12.9. The van der Waals surface area contributed by atoms with Crippen molar-refractivity contribution in [3.63, 3.8) is 0 Å². The molecular weight excluding hydrogens is 356 g/mol. The Bertz CT molecular complexity index is 869. The molecule has 2 heterocycles. The Morgan fingerprint density at radius 3 is 2.42 bits per heavy atom. The second kappa shape index (κ2) is 7.28. The molecule has 0 radical (unpaired) electrons. The Morgan fingerprint density at radius 1 is 1.12 bits per heavy atom. The van der Waals surface area contributed by atoms with Crippen LogP contribution in [0.3, 0.4) is 0 Å². The molecule has 0 aliphatic carbocycles. The molecule has 1 aromatic heterocycles. The van der Waals surface area contributed by atoms with Crippen LogP contribution >= 0.6 is 0 Å². The Kier molecular flexibility index (Phi) is 5.24. The van der Waals surface area contributed by atoms with Crippen molar-refractivity contribution in [2.75, 3.05) is 13.2 Å². The molecule has 7 nitrogen and oxygen atoms in total. The van der Waals surface area contributed by atoms with Gasteiger partial charge in [-0.05, 0) is 37.5 Å². The highest BCUT2D eigenvalue weighted by Crippen LogP contribution is 2.35. The van der Waals surface area contributed by atoms with Gasteiger partial charge in [-0.3, -0.25) is 0 Å². The molecule has 3 rings (SSSR count). The lowest BCUT2D eigenvalue weighted by Crippen LogP contribution is -2.32. The molecule has 0 saturated carbocycles. The summed E-state index contributed by atoms with van der Waals surface area (Å²) in [7, 11) is -3.78. The molecule has 2 aromatic rings. The third kappa shape index (κ3) is 3.71. The maximum Gasteiger partial charge on any atom is 0.246 e. The molecule has 0 spiro atoms. The number of rotatable bonds is 5. The summed E-state index contributed by atoms with van der Waals surface area (Å²) in [4.78, 5) is 0.0949. The SMILES string of the molecule is Cc1noc(C)c1S(=O)(=O)NC(c1ccc2c(c1)OCCCO2)C(C)C.